The zero-order chi connectivity index (χ0) is 14.4. The summed E-state index contributed by atoms with van der Waals surface area (Å²) in [4.78, 5) is 10.7. The standard InChI is InChI=1S/C13H17BrO5/c1-19-11-6-9(13(18)10(15)4-5-14)3-2-8(11)7-12(16)17/h2-3,6,10,13,15,18H,4-5,7H2,1H3,(H,16,17). The topological polar surface area (TPSA) is 87.0 Å². The van der Waals surface area contributed by atoms with Gasteiger partial charge in [-0.1, -0.05) is 28.1 Å². The van der Waals surface area contributed by atoms with Gasteiger partial charge in [0.15, 0.2) is 0 Å². The molecule has 0 heterocycles. The van der Waals surface area contributed by atoms with Gasteiger partial charge in [-0.05, 0) is 18.1 Å². The molecule has 6 heteroatoms. The van der Waals surface area contributed by atoms with E-state index in [1.807, 2.05) is 0 Å². The molecule has 0 amide bonds. The van der Waals surface area contributed by atoms with E-state index in [-0.39, 0.29) is 6.42 Å². The van der Waals surface area contributed by atoms with Crippen molar-refractivity contribution in [2.24, 2.45) is 0 Å². The van der Waals surface area contributed by atoms with Crippen LogP contribution >= 0.6 is 15.9 Å². The summed E-state index contributed by atoms with van der Waals surface area (Å²) < 4.78 is 5.11. The molecule has 2 unspecified atom stereocenters. The van der Waals surface area contributed by atoms with Crippen LogP contribution in [0.4, 0.5) is 0 Å². The largest absolute Gasteiger partial charge is 0.496 e. The molecule has 0 bridgehead atoms. The van der Waals surface area contributed by atoms with E-state index in [4.69, 9.17) is 9.84 Å². The van der Waals surface area contributed by atoms with Gasteiger partial charge >= 0.3 is 5.97 Å². The fourth-order valence-corrected chi connectivity index (χ4v) is 2.21. The van der Waals surface area contributed by atoms with Crippen LogP contribution in [0.3, 0.4) is 0 Å². The third-order valence-corrected chi connectivity index (χ3v) is 3.22. The molecule has 0 radical (unpaired) electrons. The molecule has 0 fully saturated rings. The van der Waals surface area contributed by atoms with E-state index >= 15 is 0 Å². The lowest BCUT2D eigenvalue weighted by Crippen LogP contribution is -2.18. The number of aliphatic hydroxyl groups is 2. The smallest absolute Gasteiger partial charge is 0.307 e. The molecule has 2 atom stereocenters. The minimum Gasteiger partial charge on any atom is -0.496 e. The lowest BCUT2D eigenvalue weighted by Gasteiger charge is -2.18. The lowest BCUT2D eigenvalue weighted by atomic mass is 9.99. The molecule has 5 nitrogen and oxygen atoms in total. The Balaban J connectivity index is 2.95. The molecule has 1 aromatic rings. The van der Waals surface area contributed by atoms with Crippen molar-refractivity contribution in [1.29, 1.82) is 0 Å². The number of hydrogen-bond acceptors (Lipinski definition) is 4. The Morgan fingerprint density at radius 1 is 1.42 bits per heavy atom. The molecular weight excluding hydrogens is 316 g/mol. The molecule has 0 saturated heterocycles. The Kier molecular flexibility index (Phi) is 6.27. The van der Waals surface area contributed by atoms with Crippen LogP contribution in [0.5, 0.6) is 5.75 Å². The molecular formula is C13H17BrO5. The maximum absolute atomic E-state index is 10.7. The van der Waals surface area contributed by atoms with E-state index in [9.17, 15) is 15.0 Å². The number of rotatable bonds is 7. The van der Waals surface area contributed by atoms with Crippen LogP contribution in [-0.4, -0.2) is 39.8 Å². The van der Waals surface area contributed by atoms with Gasteiger partial charge in [0.2, 0.25) is 0 Å². The van der Waals surface area contributed by atoms with E-state index in [1.165, 1.54) is 7.11 Å². The SMILES string of the molecule is COc1cc(C(O)C(O)CCBr)ccc1CC(=O)O. The fourth-order valence-electron chi connectivity index (χ4n) is 1.75. The van der Waals surface area contributed by atoms with Crippen molar-refractivity contribution in [3.05, 3.63) is 29.3 Å². The maximum atomic E-state index is 10.7. The van der Waals surface area contributed by atoms with Crippen LogP contribution in [0, 0.1) is 0 Å². The van der Waals surface area contributed by atoms with Crippen LogP contribution in [-0.2, 0) is 11.2 Å². The second kappa shape index (κ2) is 7.47. The highest BCUT2D eigenvalue weighted by atomic mass is 79.9. The van der Waals surface area contributed by atoms with E-state index in [2.05, 4.69) is 15.9 Å². The summed E-state index contributed by atoms with van der Waals surface area (Å²) in [6.45, 7) is 0. The summed E-state index contributed by atoms with van der Waals surface area (Å²) in [5, 5.41) is 29.1. The van der Waals surface area contributed by atoms with Gasteiger partial charge in [-0.2, -0.15) is 0 Å². The van der Waals surface area contributed by atoms with Crippen LogP contribution < -0.4 is 4.74 Å². The van der Waals surface area contributed by atoms with Gasteiger partial charge < -0.3 is 20.1 Å². The predicted molar refractivity (Wildman–Crippen MR) is 73.7 cm³/mol. The van der Waals surface area contributed by atoms with Crippen LogP contribution in [0.1, 0.15) is 23.7 Å². The Bertz CT molecular complexity index is 435. The number of ether oxygens (including phenoxy) is 1. The summed E-state index contributed by atoms with van der Waals surface area (Å²) in [5.41, 5.74) is 1.03. The van der Waals surface area contributed by atoms with Crippen molar-refractivity contribution in [3.63, 3.8) is 0 Å². The summed E-state index contributed by atoms with van der Waals surface area (Å²) in [6.07, 6.45) is -1.64. The van der Waals surface area contributed by atoms with E-state index < -0.39 is 18.2 Å². The Labute approximate surface area is 120 Å². The average Bonchev–Trinajstić information content (AvgIpc) is 2.38. The van der Waals surface area contributed by atoms with E-state index in [0.29, 0.717) is 28.6 Å². The van der Waals surface area contributed by atoms with E-state index in [1.54, 1.807) is 18.2 Å². The van der Waals surface area contributed by atoms with Gasteiger partial charge in [0, 0.05) is 10.9 Å². The number of aliphatic carboxylic acids is 1. The first-order valence-electron chi connectivity index (χ1n) is 5.80. The number of aliphatic hydroxyl groups excluding tert-OH is 2. The van der Waals surface area contributed by atoms with Crippen molar-refractivity contribution in [2.75, 3.05) is 12.4 Å². The highest BCUT2D eigenvalue weighted by molar-refractivity contribution is 9.09. The molecule has 19 heavy (non-hydrogen) atoms. The van der Waals surface area contributed by atoms with Crippen LogP contribution in [0.2, 0.25) is 0 Å². The highest BCUT2D eigenvalue weighted by Gasteiger charge is 2.19. The number of alkyl halides is 1. The number of hydrogen-bond donors (Lipinski definition) is 3. The molecule has 0 aromatic heterocycles. The molecule has 0 aliphatic rings. The quantitative estimate of drug-likeness (QED) is 0.659. The average molecular weight is 333 g/mol. The summed E-state index contributed by atoms with van der Waals surface area (Å²) in [6, 6.07) is 4.75. The molecule has 0 aliphatic carbocycles. The number of methoxy groups -OCH3 is 1. The molecule has 0 spiro atoms. The monoisotopic (exact) mass is 332 g/mol. The minimum absolute atomic E-state index is 0.149. The van der Waals surface area contributed by atoms with Crippen LogP contribution in [0.25, 0.3) is 0 Å². The van der Waals surface area contributed by atoms with Crippen molar-refractivity contribution < 1.29 is 24.9 Å². The van der Waals surface area contributed by atoms with Gasteiger partial charge in [-0.3, -0.25) is 4.79 Å². The summed E-state index contributed by atoms with van der Waals surface area (Å²) in [7, 11) is 1.44. The predicted octanol–water partition coefficient (Wildman–Crippen LogP) is 1.50. The van der Waals surface area contributed by atoms with Crippen molar-refractivity contribution in [3.8, 4) is 5.75 Å². The first-order valence-corrected chi connectivity index (χ1v) is 6.92. The number of benzene rings is 1. The van der Waals surface area contributed by atoms with Gasteiger partial charge in [0.25, 0.3) is 0 Å². The zero-order valence-corrected chi connectivity index (χ0v) is 12.1. The number of carbonyl (C=O) groups is 1. The van der Waals surface area contributed by atoms with Crippen molar-refractivity contribution >= 4 is 21.9 Å². The van der Waals surface area contributed by atoms with Gasteiger partial charge in [-0.25, -0.2) is 0 Å². The molecule has 1 aromatic carbocycles. The second-order valence-electron chi connectivity index (χ2n) is 4.13. The molecule has 1 rings (SSSR count). The Morgan fingerprint density at radius 3 is 2.63 bits per heavy atom. The maximum Gasteiger partial charge on any atom is 0.307 e. The van der Waals surface area contributed by atoms with E-state index in [0.717, 1.165) is 0 Å². The van der Waals surface area contributed by atoms with Gasteiger partial charge in [-0.15, -0.1) is 0 Å². The zero-order valence-electron chi connectivity index (χ0n) is 10.5. The highest BCUT2D eigenvalue weighted by Crippen LogP contribution is 2.27. The summed E-state index contributed by atoms with van der Waals surface area (Å²) >= 11 is 3.20. The molecule has 106 valence electrons. The first kappa shape index (κ1) is 15.9. The lowest BCUT2D eigenvalue weighted by molar-refractivity contribution is -0.136. The number of halogens is 1. The third kappa shape index (κ3) is 4.49. The minimum atomic E-state index is -1.02. The van der Waals surface area contributed by atoms with Gasteiger partial charge in [0.1, 0.15) is 11.9 Å². The third-order valence-electron chi connectivity index (χ3n) is 2.76. The normalized spacial score (nSPS) is 13.9. The fraction of sp³-hybridized carbons (Fsp3) is 0.462. The van der Waals surface area contributed by atoms with Crippen molar-refractivity contribution in [2.45, 2.75) is 25.0 Å². The second-order valence-corrected chi connectivity index (χ2v) is 4.92. The van der Waals surface area contributed by atoms with Crippen LogP contribution in [0.15, 0.2) is 18.2 Å². The van der Waals surface area contributed by atoms with Crippen molar-refractivity contribution in [1.82, 2.24) is 0 Å². The molecule has 0 saturated carbocycles. The summed E-state index contributed by atoms with van der Waals surface area (Å²) in [5.74, 6) is -0.559. The first-order chi connectivity index (χ1) is 8.99. The molecule has 0 aliphatic heterocycles. The number of carboxylic acids is 1. The molecule has 3 N–H and O–H groups in total. The van der Waals surface area contributed by atoms with Gasteiger partial charge in [0.05, 0.1) is 19.6 Å². The Morgan fingerprint density at radius 2 is 2.11 bits per heavy atom. The Hall–Kier alpha value is -1.11. The number of carboxylic acid groups (broad SMARTS) is 1.